The lowest BCUT2D eigenvalue weighted by Crippen LogP contribution is -1.99. The molecule has 0 radical (unpaired) electrons. The third-order valence-corrected chi connectivity index (χ3v) is 1.55. The average Bonchev–Trinajstić information content (AvgIpc) is 2.31. The highest BCUT2D eigenvalue weighted by Crippen LogP contribution is 1.90. The Hall–Kier alpha value is -2.52. The second-order valence-electron chi connectivity index (χ2n) is 3.26. The van der Waals surface area contributed by atoms with Crippen molar-refractivity contribution in [1.29, 1.82) is 10.5 Å². The fraction of sp³-hybridized carbons (Fsp3) is 0.143. The van der Waals surface area contributed by atoms with Crippen LogP contribution in [0.5, 0.6) is 0 Å². The van der Waals surface area contributed by atoms with Gasteiger partial charge in [-0.25, -0.2) is 0 Å². The maximum atomic E-state index is 8.46. The topological polar surface area (TPSA) is 50.8 Å². The van der Waals surface area contributed by atoms with Gasteiger partial charge in [0.05, 0.1) is 0 Å². The molecule has 0 atom stereocenters. The summed E-state index contributed by atoms with van der Waals surface area (Å²) in [6, 6.07) is 3.56. The van der Waals surface area contributed by atoms with Gasteiger partial charge in [0.1, 0.15) is 17.7 Å². The van der Waals surface area contributed by atoms with Crippen molar-refractivity contribution >= 4 is 0 Å². The summed E-state index contributed by atoms with van der Waals surface area (Å²) >= 11 is 0. The second-order valence-corrected chi connectivity index (χ2v) is 3.26. The molecule has 0 fully saturated rings. The van der Waals surface area contributed by atoms with E-state index in [1.54, 1.807) is 24.3 Å². The predicted octanol–water partition coefficient (Wildman–Crippen LogP) is 2.70. The Morgan fingerprint density at radius 2 is 1.29 bits per heavy atom. The van der Waals surface area contributed by atoms with Crippen LogP contribution in [0.15, 0.2) is 60.4 Å². The molecule has 0 saturated carbocycles. The number of rotatable bonds is 5. The van der Waals surface area contributed by atoms with Crippen molar-refractivity contribution in [1.82, 2.24) is 4.90 Å². The van der Waals surface area contributed by atoms with Gasteiger partial charge in [0.15, 0.2) is 0 Å². The average molecular weight is 225 g/mol. The van der Waals surface area contributed by atoms with Gasteiger partial charge in [0, 0.05) is 14.1 Å². The number of hydrogen-bond acceptors (Lipinski definition) is 3. The first-order chi connectivity index (χ1) is 8.20. The van der Waals surface area contributed by atoms with Gasteiger partial charge in [0.25, 0.3) is 0 Å². The minimum atomic E-state index is 0.0964. The SMILES string of the molecule is CN(C)C=CC=CC=CC=CC=C(C#N)C#N. The lowest BCUT2D eigenvalue weighted by Gasteiger charge is -2.00. The summed E-state index contributed by atoms with van der Waals surface area (Å²) < 4.78 is 0. The van der Waals surface area contributed by atoms with Crippen LogP contribution in [0.2, 0.25) is 0 Å². The van der Waals surface area contributed by atoms with E-state index in [1.165, 1.54) is 6.08 Å². The van der Waals surface area contributed by atoms with E-state index in [2.05, 4.69) is 0 Å². The third kappa shape index (κ3) is 9.78. The predicted molar refractivity (Wildman–Crippen MR) is 69.6 cm³/mol. The van der Waals surface area contributed by atoms with Gasteiger partial charge in [-0.05, 0) is 18.4 Å². The lowest BCUT2D eigenvalue weighted by atomic mass is 10.3. The fourth-order valence-corrected chi connectivity index (χ4v) is 0.794. The van der Waals surface area contributed by atoms with E-state index < -0.39 is 0 Å². The molecule has 0 rings (SSSR count). The van der Waals surface area contributed by atoms with Crippen molar-refractivity contribution in [2.24, 2.45) is 0 Å². The molecule has 0 unspecified atom stereocenters. The molecule has 0 aliphatic heterocycles. The molecule has 86 valence electrons. The molecule has 3 nitrogen and oxygen atoms in total. The summed E-state index contributed by atoms with van der Waals surface area (Å²) in [5.74, 6) is 0. The van der Waals surface area contributed by atoms with Crippen molar-refractivity contribution in [2.75, 3.05) is 14.1 Å². The van der Waals surface area contributed by atoms with E-state index >= 15 is 0 Å². The molecule has 0 spiro atoms. The highest BCUT2D eigenvalue weighted by atomic mass is 15.0. The molecule has 0 heterocycles. The van der Waals surface area contributed by atoms with E-state index in [4.69, 9.17) is 10.5 Å². The van der Waals surface area contributed by atoms with Gasteiger partial charge in [0.2, 0.25) is 0 Å². The van der Waals surface area contributed by atoms with Crippen LogP contribution in [0, 0.1) is 22.7 Å². The molecular weight excluding hydrogens is 210 g/mol. The molecule has 3 heteroatoms. The fourth-order valence-electron chi connectivity index (χ4n) is 0.794. The van der Waals surface area contributed by atoms with Crippen molar-refractivity contribution in [3.05, 3.63) is 60.4 Å². The minimum absolute atomic E-state index is 0.0964. The maximum absolute atomic E-state index is 8.46. The first kappa shape index (κ1) is 14.5. The first-order valence-electron chi connectivity index (χ1n) is 5.06. The Morgan fingerprint density at radius 3 is 1.76 bits per heavy atom. The van der Waals surface area contributed by atoms with E-state index in [-0.39, 0.29) is 5.57 Å². The normalized spacial score (nSPS) is 11.1. The molecule has 0 aromatic heterocycles. The maximum Gasteiger partial charge on any atom is 0.129 e. The molecule has 0 aromatic rings. The zero-order valence-corrected chi connectivity index (χ0v) is 10.0. The van der Waals surface area contributed by atoms with Crippen LogP contribution < -0.4 is 0 Å². The van der Waals surface area contributed by atoms with Crippen molar-refractivity contribution < 1.29 is 0 Å². The molecule has 0 bridgehead atoms. The summed E-state index contributed by atoms with van der Waals surface area (Å²) in [6.07, 6.45) is 16.2. The zero-order valence-electron chi connectivity index (χ0n) is 10.0. The highest BCUT2D eigenvalue weighted by molar-refractivity contribution is 5.38. The van der Waals surface area contributed by atoms with Crippen LogP contribution in [0.25, 0.3) is 0 Å². The van der Waals surface area contributed by atoms with E-state index in [0.717, 1.165) is 0 Å². The van der Waals surface area contributed by atoms with Gasteiger partial charge >= 0.3 is 0 Å². The van der Waals surface area contributed by atoms with Gasteiger partial charge in [-0.1, -0.05) is 36.5 Å². The van der Waals surface area contributed by atoms with Gasteiger partial charge < -0.3 is 4.90 Å². The van der Waals surface area contributed by atoms with Gasteiger partial charge in [-0.15, -0.1) is 0 Å². The Morgan fingerprint density at radius 1 is 0.824 bits per heavy atom. The quantitative estimate of drug-likeness (QED) is 0.534. The van der Waals surface area contributed by atoms with E-state index in [0.29, 0.717) is 0 Å². The van der Waals surface area contributed by atoms with Crippen LogP contribution in [0.1, 0.15) is 0 Å². The van der Waals surface area contributed by atoms with Crippen molar-refractivity contribution in [2.45, 2.75) is 0 Å². The minimum Gasteiger partial charge on any atom is -0.383 e. The number of hydrogen-bond donors (Lipinski definition) is 0. The third-order valence-electron chi connectivity index (χ3n) is 1.55. The smallest absolute Gasteiger partial charge is 0.129 e. The summed E-state index contributed by atoms with van der Waals surface area (Å²) in [4.78, 5) is 1.95. The molecule has 0 saturated heterocycles. The molecule has 0 amide bonds. The standard InChI is InChI=1S/C14H15N3/c1-17(2)11-9-7-5-3-4-6-8-10-14(12-15)13-16/h3-11H,1-2H3. The first-order valence-corrected chi connectivity index (χ1v) is 5.06. The Labute approximate surface area is 103 Å². The van der Waals surface area contributed by atoms with Gasteiger partial charge in [-0.3, -0.25) is 0 Å². The van der Waals surface area contributed by atoms with Crippen molar-refractivity contribution in [3.63, 3.8) is 0 Å². The summed E-state index contributed by atoms with van der Waals surface area (Å²) in [6.45, 7) is 0. The van der Waals surface area contributed by atoms with Gasteiger partial charge in [-0.2, -0.15) is 10.5 Å². The molecule has 0 aliphatic rings. The molecule has 17 heavy (non-hydrogen) atoms. The monoisotopic (exact) mass is 225 g/mol. The summed E-state index contributed by atoms with van der Waals surface area (Å²) in [5, 5.41) is 16.9. The Bertz CT molecular complexity index is 419. The molecule has 0 N–H and O–H groups in total. The highest BCUT2D eigenvalue weighted by Gasteiger charge is 1.84. The zero-order chi connectivity index (χ0) is 12.9. The number of nitrogens with zero attached hydrogens (tertiary/aromatic N) is 3. The van der Waals surface area contributed by atoms with Crippen LogP contribution in [-0.4, -0.2) is 19.0 Å². The van der Waals surface area contributed by atoms with Crippen LogP contribution in [0.3, 0.4) is 0 Å². The Balaban J connectivity index is 4.06. The number of allylic oxidation sites excluding steroid dienone is 9. The molecule has 0 aromatic carbocycles. The summed E-state index contributed by atoms with van der Waals surface area (Å²) in [7, 11) is 3.91. The van der Waals surface area contributed by atoms with Crippen LogP contribution in [-0.2, 0) is 0 Å². The van der Waals surface area contributed by atoms with Crippen LogP contribution >= 0.6 is 0 Å². The van der Waals surface area contributed by atoms with E-state index in [9.17, 15) is 0 Å². The Kier molecular flexibility index (Phi) is 8.53. The summed E-state index contributed by atoms with van der Waals surface area (Å²) in [5.41, 5.74) is 0.0964. The molecule has 0 aliphatic carbocycles. The lowest BCUT2D eigenvalue weighted by molar-refractivity contribution is 0.564. The number of nitriles is 2. The van der Waals surface area contributed by atoms with Crippen molar-refractivity contribution in [3.8, 4) is 12.1 Å². The second kappa shape index (κ2) is 10.0. The molecular formula is C14H15N3. The van der Waals surface area contributed by atoms with Crippen LogP contribution in [0.4, 0.5) is 0 Å². The largest absolute Gasteiger partial charge is 0.383 e. The van der Waals surface area contributed by atoms with E-state index in [1.807, 2.05) is 55.6 Å².